The Bertz CT molecular complexity index is 824. The van der Waals surface area contributed by atoms with Crippen molar-refractivity contribution in [3.05, 3.63) is 47.8 Å². The molecule has 0 radical (unpaired) electrons. The zero-order chi connectivity index (χ0) is 22.0. The first kappa shape index (κ1) is 23.3. The van der Waals surface area contributed by atoms with Crippen molar-refractivity contribution >= 4 is 12.1 Å². The lowest BCUT2D eigenvalue weighted by Gasteiger charge is -2.19. The zero-order valence-electron chi connectivity index (χ0n) is 18.7. The predicted octanol–water partition coefficient (Wildman–Crippen LogP) is 2.80. The molecule has 8 nitrogen and oxygen atoms in total. The fraction of sp³-hybridized carbons (Fsp3) is 0.500. The van der Waals surface area contributed by atoms with E-state index in [9.17, 15) is 4.79 Å². The number of carbonyl (C=O) groups is 1. The minimum Gasteiger partial charge on any atom is -0.444 e. The fourth-order valence-electron chi connectivity index (χ4n) is 2.82. The second-order valence-corrected chi connectivity index (χ2v) is 7.98. The maximum Gasteiger partial charge on any atom is 0.407 e. The van der Waals surface area contributed by atoms with Gasteiger partial charge in [-0.3, -0.25) is 4.99 Å². The molecule has 1 heterocycles. The van der Waals surface area contributed by atoms with Gasteiger partial charge in [0.25, 0.3) is 0 Å². The van der Waals surface area contributed by atoms with Crippen LogP contribution in [0.2, 0.25) is 0 Å². The number of guanidine groups is 1. The Labute approximate surface area is 179 Å². The van der Waals surface area contributed by atoms with Crippen molar-refractivity contribution in [2.45, 2.75) is 46.1 Å². The maximum absolute atomic E-state index is 11.6. The zero-order valence-corrected chi connectivity index (χ0v) is 18.7. The smallest absolute Gasteiger partial charge is 0.407 e. The minimum atomic E-state index is -0.495. The molecule has 0 unspecified atom stereocenters. The maximum atomic E-state index is 11.6. The summed E-state index contributed by atoms with van der Waals surface area (Å²) in [5, 5.41) is 13.8. The highest BCUT2D eigenvalue weighted by molar-refractivity contribution is 5.79. The van der Waals surface area contributed by atoms with E-state index in [1.54, 1.807) is 7.05 Å². The van der Waals surface area contributed by atoms with Crippen molar-refractivity contribution in [3.63, 3.8) is 0 Å². The lowest BCUT2D eigenvalue weighted by Crippen LogP contribution is -2.42. The lowest BCUT2D eigenvalue weighted by molar-refractivity contribution is 0.0529. The highest BCUT2D eigenvalue weighted by Gasteiger charge is 2.15. The summed E-state index contributed by atoms with van der Waals surface area (Å²) in [5.74, 6) is 0.706. The summed E-state index contributed by atoms with van der Waals surface area (Å²) in [5.41, 5.74) is 2.86. The van der Waals surface area contributed by atoms with Crippen LogP contribution in [0.5, 0.6) is 0 Å². The third kappa shape index (κ3) is 8.14. The number of rotatable bonds is 8. The average Bonchev–Trinajstić information content (AvgIpc) is 3.06. The number of hydrogen-bond donors (Lipinski definition) is 3. The van der Waals surface area contributed by atoms with Crippen LogP contribution in [0.1, 0.15) is 38.4 Å². The Kier molecular flexibility index (Phi) is 8.70. The number of nitrogens with one attached hydrogen (secondary N) is 3. The average molecular weight is 415 g/mol. The van der Waals surface area contributed by atoms with Crippen molar-refractivity contribution in [1.82, 2.24) is 25.7 Å². The third-order valence-corrected chi connectivity index (χ3v) is 4.25. The van der Waals surface area contributed by atoms with E-state index < -0.39 is 11.7 Å². The van der Waals surface area contributed by atoms with Crippen molar-refractivity contribution in [1.29, 1.82) is 0 Å². The van der Waals surface area contributed by atoms with Crippen LogP contribution >= 0.6 is 0 Å². The van der Waals surface area contributed by atoms with Crippen LogP contribution in [0.15, 0.2) is 41.5 Å². The van der Waals surface area contributed by atoms with Gasteiger partial charge in [-0.2, -0.15) is 5.10 Å². The number of aryl methyl sites for hydroxylation is 2. The van der Waals surface area contributed by atoms with E-state index in [0.717, 1.165) is 30.8 Å². The highest BCUT2D eigenvalue weighted by atomic mass is 16.6. The highest BCUT2D eigenvalue weighted by Crippen LogP contribution is 2.13. The molecular formula is C22H34N6O2. The Hall–Kier alpha value is -3.03. The summed E-state index contributed by atoms with van der Waals surface area (Å²) in [6, 6.07) is 10.1. The Morgan fingerprint density at radius 2 is 1.77 bits per heavy atom. The molecule has 0 aliphatic rings. The Morgan fingerprint density at radius 1 is 1.10 bits per heavy atom. The van der Waals surface area contributed by atoms with Gasteiger partial charge in [-0.15, -0.1) is 0 Å². The molecule has 0 aliphatic carbocycles. The SMILES string of the molecule is CN=C(NCCCc1cn(-c2ccccc2)nc1C)NCCNC(=O)OC(C)(C)C. The molecule has 8 heteroatoms. The van der Waals surface area contributed by atoms with Crippen molar-refractivity contribution in [2.24, 2.45) is 4.99 Å². The van der Waals surface area contributed by atoms with Crippen molar-refractivity contribution < 1.29 is 9.53 Å². The summed E-state index contributed by atoms with van der Waals surface area (Å²) in [7, 11) is 1.73. The molecule has 30 heavy (non-hydrogen) atoms. The quantitative estimate of drug-likeness (QED) is 0.351. The molecule has 1 aromatic heterocycles. The molecule has 2 aromatic rings. The van der Waals surface area contributed by atoms with Gasteiger partial charge >= 0.3 is 6.09 Å². The molecule has 0 saturated heterocycles. The first-order valence-electron chi connectivity index (χ1n) is 10.3. The van der Waals surface area contributed by atoms with Gasteiger partial charge in [0, 0.05) is 32.9 Å². The summed E-state index contributed by atoms with van der Waals surface area (Å²) >= 11 is 0. The number of amides is 1. The van der Waals surface area contributed by atoms with Gasteiger partial charge in [-0.1, -0.05) is 18.2 Å². The molecule has 1 amide bonds. The van der Waals surface area contributed by atoms with Crippen molar-refractivity contribution in [3.8, 4) is 5.69 Å². The van der Waals surface area contributed by atoms with Gasteiger partial charge in [0.15, 0.2) is 5.96 Å². The molecule has 0 fully saturated rings. The van der Waals surface area contributed by atoms with E-state index in [1.165, 1.54) is 5.56 Å². The van der Waals surface area contributed by atoms with E-state index in [-0.39, 0.29) is 0 Å². The van der Waals surface area contributed by atoms with Gasteiger partial charge in [0.2, 0.25) is 0 Å². The first-order chi connectivity index (χ1) is 14.3. The van der Waals surface area contributed by atoms with Crippen LogP contribution < -0.4 is 16.0 Å². The second kappa shape index (κ2) is 11.2. The molecule has 0 spiro atoms. The van der Waals surface area contributed by atoms with Gasteiger partial charge in [0.05, 0.1) is 11.4 Å². The van der Waals surface area contributed by atoms with E-state index in [0.29, 0.717) is 19.0 Å². The predicted molar refractivity (Wildman–Crippen MR) is 120 cm³/mol. The van der Waals surface area contributed by atoms with E-state index in [2.05, 4.69) is 32.2 Å². The number of nitrogens with zero attached hydrogens (tertiary/aromatic N) is 3. The summed E-state index contributed by atoms with van der Waals surface area (Å²) < 4.78 is 7.13. The summed E-state index contributed by atoms with van der Waals surface area (Å²) in [6.45, 7) is 9.35. The topological polar surface area (TPSA) is 92.6 Å². The van der Waals surface area contributed by atoms with Crippen LogP contribution in [0, 0.1) is 6.92 Å². The number of ether oxygens (including phenoxy) is 1. The molecule has 0 bridgehead atoms. The van der Waals surface area contributed by atoms with Crippen LogP contribution in [-0.2, 0) is 11.2 Å². The van der Waals surface area contributed by atoms with Crippen LogP contribution in [0.25, 0.3) is 5.69 Å². The number of benzene rings is 1. The number of aromatic nitrogens is 2. The Morgan fingerprint density at radius 3 is 2.43 bits per heavy atom. The molecule has 2 rings (SSSR count). The van der Waals surface area contributed by atoms with E-state index in [4.69, 9.17) is 4.74 Å². The Balaban J connectivity index is 1.67. The standard InChI is InChI=1S/C22H34N6O2/c1-17-18(16-28(27-17)19-11-7-6-8-12-19)10-9-13-24-20(23-5)25-14-15-26-21(29)30-22(2,3)4/h6-8,11-12,16H,9-10,13-15H2,1-5H3,(H,26,29)(H2,23,24,25). The largest absolute Gasteiger partial charge is 0.444 e. The monoisotopic (exact) mass is 414 g/mol. The van der Waals surface area contributed by atoms with E-state index >= 15 is 0 Å². The van der Waals surface area contributed by atoms with Crippen LogP contribution in [-0.4, -0.2) is 54.1 Å². The molecule has 0 atom stereocenters. The van der Waals surface area contributed by atoms with Gasteiger partial charge < -0.3 is 20.7 Å². The number of aliphatic imine (C=N–C) groups is 1. The van der Waals surface area contributed by atoms with Gasteiger partial charge in [-0.25, -0.2) is 9.48 Å². The van der Waals surface area contributed by atoms with Crippen molar-refractivity contribution in [2.75, 3.05) is 26.7 Å². The molecule has 164 valence electrons. The fourth-order valence-corrected chi connectivity index (χ4v) is 2.82. The first-order valence-corrected chi connectivity index (χ1v) is 10.3. The van der Waals surface area contributed by atoms with Gasteiger partial charge in [-0.05, 0) is 58.2 Å². The molecule has 1 aromatic carbocycles. The number of carbonyl (C=O) groups excluding carboxylic acids is 1. The molecular weight excluding hydrogens is 380 g/mol. The normalized spacial score (nSPS) is 11.8. The lowest BCUT2D eigenvalue weighted by atomic mass is 10.1. The summed E-state index contributed by atoms with van der Waals surface area (Å²) in [6.07, 6.45) is 3.57. The molecule has 0 aliphatic heterocycles. The van der Waals surface area contributed by atoms with Gasteiger partial charge in [0.1, 0.15) is 5.60 Å². The third-order valence-electron chi connectivity index (χ3n) is 4.25. The molecule has 3 N–H and O–H groups in total. The van der Waals surface area contributed by atoms with Crippen LogP contribution in [0.4, 0.5) is 4.79 Å². The molecule has 0 saturated carbocycles. The number of para-hydroxylation sites is 1. The second-order valence-electron chi connectivity index (χ2n) is 7.98. The number of hydrogen-bond acceptors (Lipinski definition) is 4. The number of alkyl carbamates (subject to hydrolysis) is 1. The van der Waals surface area contributed by atoms with Crippen LogP contribution in [0.3, 0.4) is 0 Å². The summed E-state index contributed by atoms with van der Waals surface area (Å²) in [4.78, 5) is 15.8. The van der Waals surface area contributed by atoms with E-state index in [1.807, 2.05) is 62.7 Å². The minimum absolute atomic E-state index is 0.418.